The van der Waals surface area contributed by atoms with E-state index in [1.165, 1.54) is 33.4 Å². The van der Waals surface area contributed by atoms with Crippen molar-refractivity contribution in [2.24, 2.45) is 0 Å². The van der Waals surface area contributed by atoms with Crippen molar-refractivity contribution in [3.63, 3.8) is 0 Å². The molecule has 406 valence electrons. The predicted molar refractivity (Wildman–Crippen MR) is 326 cm³/mol. The molecular weight excluding hydrogens is 1150 g/mol. The largest absolute Gasteiger partial charge is 0.507 e. The molecule has 79 heavy (non-hydrogen) atoms. The molecule has 11 rings (SSSR count). The summed E-state index contributed by atoms with van der Waals surface area (Å²) in [7, 11) is 0. The van der Waals surface area contributed by atoms with Crippen LogP contribution in [0.1, 0.15) is 165 Å². The molecule has 7 aromatic carbocycles. The number of phenolic OH excluding ortho intramolecular Hbond substituents is 1. The summed E-state index contributed by atoms with van der Waals surface area (Å²) in [6.45, 7) is 35.7. The van der Waals surface area contributed by atoms with E-state index in [-0.39, 0.29) is 61.3 Å². The summed E-state index contributed by atoms with van der Waals surface area (Å²) in [6, 6.07) is 49.5. The first-order valence-corrected chi connectivity index (χ1v) is 28.0. The molecule has 11 aromatic rings. The Morgan fingerprint density at radius 3 is 1.68 bits per heavy atom. The van der Waals surface area contributed by atoms with Crippen LogP contribution in [0.4, 0.5) is 0 Å². The number of benzene rings is 7. The number of nitrogens with zero attached hydrogens (tertiary/aromatic N) is 5. The maximum Gasteiger partial charge on any atom is 0.227 e. The zero-order valence-electron chi connectivity index (χ0n) is 48.8. The second-order valence-electron chi connectivity index (χ2n) is 25.0. The number of hydrogen-bond donors (Lipinski definition) is 1. The molecule has 0 radical (unpaired) electrons. The standard InChI is InChI=1S/C71H74N5O2.Pt/c1-39(2)48-26-19-27-49(40(3)4)63(48)75-58-31-21-30-52(62(58)74-68(75)54-37-47(70(11,12)13)38-55(66(54)77)71(14,15)16)45-24-18-25-46(36-45)67-72-57-34-35-59-61(65(57)76(67)64-50(41(5)6)28-20-29-51(64)42(7)8)53-32-33-56(73-69(53)78-59)60-43(9)22-17-23-44(60)10;/h17-35,37-42,77H,1-16H3;/q-1;. The molecule has 0 unspecified atom stereocenters. The van der Waals surface area contributed by atoms with Gasteiger partial charge in [0.15, 0.2) is 0 Å². The summed E-state index contributed by atoms with van der Waals surface area (Å²) in [5, 5.41) is 14.6. The summed E-state index contributed by atoms with van der Waals surface area (Å²) >= 11 is 0. The number of para-hydroxylation sites is 3. The Bertz CT molecular complexity index is 4100. The van der Waals surface area contributed by atoms with Gasteiger partial charge in [0, 0.05) is 37.9 Å². The normalized spacial score (nSPS) is 12.5. The van der Waals surface area contributed by atoms with Crippen molar-refractivity contribution >= 4 is 44.1 Å². The van der Waals surface area contributed by atoms with E-state index in [1.807, 2.05) is 6.07 Å². The van der Waals surface area contributed by atoms with Gasteiger partial charge in [-0.05, 0) is 124 Å². The van der Waals surface area contributed by atoms with Gasteiger partial charge < -0.3 is 14.1 Å². The third-order valence-electron chi connectivity index (χ3n) is 16.0. The van der Waals surface area contributed by atoms with E-state index in [9.17, 15) is 5.11 Å². The molecular formula is C71H74N5O2Pt-. The van der Waals surface area contributed by atoms with Gasteiger partial charge in [-0.15, -0.1) is 29.8 Å². The van der Waals surface area contributed by atoms with Crippen molar-refractivity contribution in [1.82, 2.24) is 24.1 Å². The van der Waals surface area contributed by atoms with Crippen LogP contribution in [-0.4, -0.2) is 29.2 Å². The zero-order chi connectivity index (χ0) is 55.4. The smallest absolute Gasteiger partial charge is 0.227 e. The minimum atomic E-state index is -0.337. The van der Waals surface area contributed by atoms with Gasteiger partial charge in [-0.1, -0.05) is 181 Å². The van der Waals surface area contributed by atoms with Crippen LogP contribution in [0.5, 0.6) is 5.75 Å². The van der Waals surface area contributed by atoms with Gasteiger partial charge in [0.25, 0.3) is 0 Å². The quantitative estimate of drug-likeness (QED) is 0.138. The van der Waals surface area contributed by atoms with E-state index in [4.69, 9.17) is 19.4 Å². The van der Waals surface area contributed by atoms with Crippen molar-refractivity contribution in [2.45, 2.75) is 145 Å². The molecule has 7 nitrogen and oxygen atoms in total. The molecule has 0 bridgehead atoms. The van der Waals surface area contributed by atoms with Crippen molar-refractivity contribution in [1.29, 1.82) is 0 Å². The van der Waals surface area contributed by atoms with Crippen LogP contribution in [0, 0.1) is 19.9 Å². The number of aromatic hydroxyl groups is 1. The third kappa shape index (κ3) is 9.44. The molecule has 0 spiro atoms. The van der Waals surface area contributed by atoms with Crippen molar-refractivity contribution in [3.05, 3.63) is 178 Å². The summed E-state index contributed by atoms with van der Waals surface area (Å²) < 4.78 is 11.5. The summed E-state index contributed by atoms with van der Waals surface area (Å²) in [6.07, 6.45) is 0. The minimum Gasteiger partial charge on any atom is -0.507 e. The van der Waals surface area contributed by atoms with Gasteiger partial charge >= 0.3 is 0 Å². The topological polar surface area (TPSA) is 81.9 Å². The first-order valence-electron chi connectivity index (χ1n) is 28.0. The fraction of sp³-hybridized carbons (Fsp3) is 0.310. The first-order chi connectivity index (χ1) is 37.0. The monoisotopic (exact) mass is 1220 g/mol. The van der Waals surface area contributed by atoms with E-state index in [0.717, 1.165) is 94.7 Å². The number of furan rings is 1. The van der Waals surface area contributed by atoms with Gasteiger partial charge in [0.1, 0.15) is 17.2 Å². The third-order valence-corrected chi connectivity index (χ3v) is 16.0. The van der Waals surface area contributed by atoms with Gasteiger partial charge in [-0.2, -0.15) is 0 Å². The molecule has 0 fully saturated rings. The first kappa shape index (κ1) is 55.2. The molecule has 8 heteroatoms. The van der Waals surface area contributed by atoms with Crippen molar-refractivity contribution in [2.75, 3.05) is 0 Å². The number of imidazole rings is 2. The Hall–Kier alpha value is -7.08. The van der Waals surface area contributed by atoms with Crippen LogP contribution in [0.15, 0.2) is 132 Å². The zero-order valence-corrected chi connectivity index (χ0v) is 51.1. The van der Waals surface area contributed by atoms with Crippen LogP contribution >= 0.6 is 0 Å². The van der Waals surface area contributed by atoms with Gasteiger partial charge in [-0.25, -0.2) is 9.97 Å². The predicted octanol–water partition coefficient (Wildman–Crippen LogP) is 19.5. The van der Waals surface area contributed by atoms with Gasteiger partial charge in [0.2, 0.25) is 5.71 Å². The maximum absolute atomic E-state index is 12.7. The van der Waals surface area contributed by atoms with Crippen molar-refractivity contribution in [3.8, 4) is 62.3 Å². The molecule has 0 saturated heterocycles. The summed E-state index contributed by atoms with van der Waals surface area (Å²) in [5.41, 5.74) is 21.4. The van der Waals surface area contributed by atoms with E-state index in [1.54, 1.807) is 0 Å². The number of hydrogen-bond acceptors (Lipinski definition) is 5. The van der Waals surface area contributed by atoms with Crippen LogP contribution in [0.25, 0.3) is 101 Å². The van der Waals surface area contributed by atoms with Crippen LogP contribution in [-0.2, 0) is 31.9 Å². The average Bonchev–Trinajstić information content (AvgIpc) is 4.11. The second kappa shape index (κ2) is 20.5. The average molecular weight is 1220 g/mol. The Kier molecular flexibility index (Phi) is 14.4. The van der Waals surface area contributed by atoms with E-state index < -0.39 is 0 Å². The van der Waals surface area contributed by atoms with Gasteiger partial charge in [0.05, 0.1) is 55.6 Å². The van der Waals surface area contributed by atoms with Gasteiger partial charge in [-0.3, -0.25) is 9.55 Å². The Labute approximate surface area is 481 Å². The fourth-order valence-electron chi connectivity index (χ4n) is 11.9. The molecule has 4 heterocycles. The van der Waals surface area contributed by atoms with Crippen LogP contribution < -0.4 is 0 Å². The fourth-order valence-corrected chi connectivity index (χ4v) is 11.9. The van der Waals surface area contributed by atoms with Crippen LogP contribution in [0.2, 0.25) is 0 Å². The molecule has 0 aliphatic carbocycles. The van der Waals surface area contributed by atoms with E-state index >= 15 is 0 Å². The van der Waals surface area contributed by atoms with Crippen molar-refractivity contribution < 1.29 is 30.6 Å². The molecule has 0 amide bonds. The molecule has 0 atom stereocenters. The van der Waals surface area contributed by atoms with Crippen LogP contribution in [0.3, 0.4) is 0 Å². The molecule has 0 aliphatic rings. The summed E-state index contributed by atoms with van der Waals surface area (Å²) in [4.78, 5) is 16.6. The number of phenols is 1. The SMILES string of the molecule is Cc1cccc(C)c1-c1ccc2c(n1)oc1ccc3nc(-c4[c-]c(-c5cccc6c5nc(-c5cc(C(C)(C)C)cc(C(C)(C)C)c5O)n6-c5c(C(C)C)cccc5C(C)C)ccc4)n(-c4c(C(C)C)cccc4C(C)C)c3c12.[Pt]. The van der Waals surface area contributed by atoms with E-state index in [2.05, 4.69) is 247 Å². The Morgan fingerprint density at radius 2 is 1.10 bits per heavy atom. The summed E-state index contributed by atoms with van der Waals surface area (Å²) in [5.74, 6) is 2.60. The van der Waals surface area contributed by atoms with E-state index in [0.29, 0.717) is 17.1 Å². The number of aryl methyl sites for hydroxylation is 2. The second-order valence-corrected chi connectivity index (χ2v) is 25.0. The molecule has 0 aliphatic heterocycles. The Morgan fingerprint density at radius 1 is 0.544 bits per heavy atom. The minimum absolute atomic E-state index is 0. The number of fused-ring (bicyclic) bond motifs is 6. The number of pyridine rings is 1. The Balaban J connectivity index is 0.00000704. The number of rotatable bonds is 10. The maximum atomic E-state index is 12.7. The number of aromatic nitrogens is 5. The molecule has 0 saturated carbocycles. The molecule has 1 N–H and O–H groups in total. The molecule has 4 aromatic heterocycles.